The Morgan fingerprint density at radius 3 is 2.52 bits per heavy atom. The highest BCUT2D eigenvalue weighted by molar-refractivity contribution is 6.30. The summed E-state index contributed by atoms with van der Waals surface area (Å²) in [5, 5.41) is 6.81. The molecule has 0 amide bonds. The van der Waals surface area contributed by atoms with Crippen molar-refractivity contribution in [2.24, 2.45) is 0 Å². The van der Waals surface area contributed by atoms with Crippen molar-refractivity contribution in [1.82, 2.24) is 5.32 Å². The molecule has 4 aromatic carbocycles. The second-order valence-corrected chi connectivity index (χ2v) is 8.70. The fourth-order valence-corrected chi connectivity index (χ4v) is 4.64. The van der Waals surface area contributed by atoms with Crippen LogP contribution in [0, 0.1) is 0 Å². The van der Waals surface area contributed by atoms with Crippen molar-refractivity contribution in [3.05, 3.63) is 107 Å². The van der Waals surface area contributed by atoms with E-state index in [0.717, 1.165) is 24.5 Å². The van der Waals surface area contributed by atoms with E-state index < -0.39 is 0 Å². The minimum absolute atomic E-state index is 0.153. The molecule has 0 spiro atoms. The molecule has 1 aliphatic heterocycles. The summed E-state index contributed by atoms with van der Waals surface area (Å²) in [5.74, 6) is 0.383. The maximum atomic E-state index is 6.47. The Kier molecular flexibility index (Phi) is 6.04. The van der Waals surface area contributed by atoms with Crippen LogP contribution in [0.3, 0.4) is 0 Å². The molecular weight excluding hydrogens is 402 g/mol. The number of hydrogen-bond donors (Lipinski definition) is 1. The smallest absolute Gasteiger partial charge is 0.0772 e. The van der Waals surface area contributed by atoms with Gasteiger partial charge in [0.15, 0.2) is 0 Å². The van der Waals surface area contributed by atoms with Gasteiger partial charge in [-0.3, -0.25) is 0 Å². The molecule has 0 bridgehead atoms. The molecule has 1 fully saturated rings. The van der Waals surface area contributed by atoms with E-state index in [1.54, 1.807) is 0 Å². The van der Waals surface area contributed by atoms with Crippen molar-refractivity contribution < 1.29 is 4.74 Å². The summed E-state index contributed by atoms with van der Waals surface area (Å²) in [5.41, 5.74) is 4.98. The molecule has 0 saturated carbocycles. The predicted octanol–water partition coefficient (Wildman–Crippen LogP) is 6.82. The topological polar surface area (TPSA) is 21.3 Å². The van der Waals surface area contributed by atoms with E-state index in [9.17, 15) is 0 Å². The number of halogens is 1. The van der Waals surface area contributed by atoms with Gasteiger partial charge in [0.2, 0.25) is 0 Å². The average molecular weight is 428 g/mol. The summed E-state index contributed by atoms with van der Waals surface area (Å²) in [6.45, 7) is 2.53. The van der Waals surface area contributed by atoms with Crippen LogP contribution in [-0.2, 0) is 11.3 Å². The van der Waals surface area contributed by atoms with E-state index in [-0.39, 0.29) is 6.10 Å². The maximum absolute atomic E-state index is 6.47. The van der Waals surface area contributed by atoms with Crippen LogP contribution in [-0.4, -0.2) is 19.2 Å². The van der Waals surface area contributed by atoms with E-state index in [2.05, 4.69) is 84.2 Å². The summed E-state index contributed by atoms with van der Waals surface area (Å²) in [6, 6.07) is 32.0. The van der Waals surface area contributed by atoms with Gasteiger partial charge in [-0.1, -0.05) is 84.4 Å². The fraction of sp³-hybridized carbons (Fsp3) is 0.214. The van der Waals surface area contributed by atoms with Gasteiger partial charge in [-0.2, -0.15) is 0 Å². The predicted molar refractivity (Wildman–Crippen MR) is 130 cm³/mol. The van der Waals surface area contributed by atoms with Gasteiger partial charge in [-0.15, -0.1) is 0 Å². The first-order valence-electron chi connectivity index (χ1n) is 10.9. The third-order valence-electron chi connectivity index (χ3n) is 6.20. The van der Waals surface area contributed by atoms with Crippen LogP contribution in [0.5, 0.6) is 0 Å². The summed E-state index contributed by atoms with van der Waals surface area (Å²) in [4.78, 5) is 0. The third kappa shape index (κ3) is 4.67. The second kappa shape index (κ2) is 9.23. The molecule has 0 aliphatic carbocycles. The van der Waals surface area contributed by atoms with E-state index >= 15 is 0 Å². The van der Waals surface area contributed by atoms with Gasteiger partial charge in [0.05, 0.1) is 12.7 Å². The number of hydrogen-bond acceptors (Lipinski definition) is 2. The summed E-state index contributed by atoms with van der Waals surface area (Å²) in [6.07, 6.45) is 1.23. The lowest BCUT2D eigenvalue weighted by Gasteiger charge is -2.33. The Morgan fingerprint density at radius 1 is 0.806 bits per heavy atom. The van der Waals surface area contributed by atoms with Gasteiger partial charge in [0, 0.05) is 17.5 Å². The molecule has 0 aromatic heterocycles. The maximum Gasteiger partial charge on any atom is 0.0772 e. The molecule has 3 heteroatoms. The van der Waals surface area contributed by atoms with Crippen molar-refractivity contribution in [3.8, 4) is 11.1 Å². The minimum Gasteiger partial charge on any atom is -0.372 e. The van der Waals surface area contributed by atoms with Crippen LogP contribution in [0.1, 0.15) is 23.5 Å². The SMILES string of the molecule is Clc1ccc(-c2cccc(C3CCNCC3OCc3ccc4ccccc4c3)c2)cc1. The number of benzene rings is 4. The van der Waals surface area contributed by atoms with Gasteiger partial charge in [0.1, 0.15) is 0 Å². The van der Waals surface area contributed by atoms with Gasteiger partial charge < -0.3 is 10.1 Å². The van der Waals surface area contributed by atoms with E-state index in [0.29, 0.717) is 12.5 Å². The van der Waals surface area contributed by atoms with E-state index in [1.807, 2.05) is 12.1 Å². The number of ether oxygens (including phenoxy) is 1. The van der Waals surface area contributed by atoms with E-state index in [1.165, 1.54) is 33.0 Å². The Balaban J connectivity index is 1.34. The zero-order chi connectivity index (χ0) is 21.0. The monoisotopic (exact) mass is 427 g/mol. The lowest BCUT2D eigenvalue weighted by Crippen LogP contribution is -2.41. The highest BCUT2D eigenvalue weighted by Gasteiger charge is 2.27. The van der Waals surface area contributed by atoms with Gasteiger partial charge >= 0.3 is 0 Å². The molecule has 31 heavy (non-hydrogen) atoms. The van der Waals surface area contributed by atoms with Crippen molar-refractivity contribution >= 4 is 22.4 Å². The summed E-state index contributed by atoms with van der Waals surface area (Å²) < 4.78 is 6.47. The Bertz CT molecular complexity index is 1170. The number of piperidine rings is 1. The largest absolute Gasteiger partial charge is 0.372 e. The first kappa shape index (κ1) is 20.3. The minimum atomic E-state index is 0.153. The van der Waals surface area contributed by atoms with Crippen LogP contribution in [0.15, 0.2) is 91.0 Å². The molecule has 2 atom stereocenters. The van der Waals surface area contributed by atoms with E-state index in [4.69, 9.17) is 16.3 Å². The highest BCUT2D eigenvalue weighted by atomic mass is 35.5. The standard InChI is InChI=1S/C28H26ClNO/c29-26-12-10-22(11-13-26)24-6-3-7-25(17-24)27-14-15-30-18-28(27)31-19-20-8-9-21-4-1-2-5-23(21)16-20/h1-13,16-17,27-28,30H,14-15,18-19H2. The normalized spacial score (nSPS) is 18.9. The molecule has 2 nitrogen and oxygen atoms in total. The zero-order valence-electron chi connectivity index (χ0n) is 17.4. The molecule has 1 saturated heterocycles. The fourth-order valence-electron chi connectivity index (χ4n) is 4.51. The molecule has 4 aromatic rings. The number of rotatable bonds is 5. The number of nitrogens with one attached hydrogen (secondary N) is 1. The molecule has 1 heterocycles. The summed E-state index contributed by atoms with van der Waals surface area (Å²) >= 11 is 6.07. The third-order valence-corrected chi connectivity index (χ3v) is 6.45. The van der Waals surface area contributed by atoms with Gasteiger partial charge in [0.25, 0.3) is 0 Å². The quantitative estimate of drug-likeness (QED) is 0.377. The number of fused-ring (bicyclic) bond motifs is 1. The summed E-state index contributed by atoms with van der Waals surface area (Å²) in [7, 11) is 0. The van der Waals surface area contributed by atoms with Gasteiger partial charge in [-0.25, -0.2) is 0 Å². The van der Waals surface area contributed by atoms with Gasteiger partial charge in [-0.05, 0) is 64.2 Å². The molecule has 5 rings (SSSR count). The van der Waals surface area contributed by atoms with Crippen molar-refractivity contribution in [1.29, 1.82) is 0 Å². The first-order chi connectivity index (χ1) is 15.3. The van der Waals surface area contributed by atoms with Crippen LogP contribution >= 0.6 is 11.6 Å². The molecule has 2 unspecified atom stereocenters. The molecular formula is C28H26ClNO. The molecule has 1 N–H and O–H groups in total. The van der Waals surface area contributed by atoms with Crippen molar-refractivity contribution in [2.45, 2.75) is 25.0 Å². The van der Waals surface area contributed by atoms with Crippen LogP contribution in [0.4, 0.5) is 0 Å². The Morgan fingerprint density at radius 2 is 1.65 bits per heavy atom. The molecule has 1 aliphatic rings. The molecule has 156 valence electrons. The second-order valence-electron chi connectivity index (χ2n) is 8.26. The molecule has 0 radical (unpaired) electrons. The van der Waals surface area contributed by atoms with Crippen molar-refractivity contribution in [3.63, 3.8) is 0 Å². The Labute approximate surface area is 188 Å². The highest BCUT2D eigenvalue weighted by Crippen LogP contribution is 2.32. The van der Waals surface area contributed by atoms with Crippen LogP contribution in [0.2, 0.25) is 5.02 Å². The first-order valence-corrected chi connectivity index (χ1v) is 11.3. The Hall–Kier alpha value is -2.65. The van der Waals surface area contributed by atoms with Crippen molar-refractivity contribution in [2.75, 3.05) is 13.1 Å². The lowest BCUT2D eigenvalue weighted by molar-refractivity contribution is 0.0107. The lowest BCUT2D eigenvalue weighted by atomic mass is 9.86. The van der Waals surface area contributed by atoms with Crippen LogP contribution in [0.25, 0.3) is 21.9 Å². The van der Waals surface area contributed by atoms with Crippen LogP contribution < -0.4 is 5.32 Å². The average Bonchev–Trinajstić information content (AvgIpc) is 2.83. The zero-order valence-corrected chi connectivity index (χ0v) is 18.2.